The van der Waals surface area contributed by atoms with Crippen LogP contribution in [0, 0.1) is 13.8 Å². The van der Waals surface area contributed by atoms with E-state index in [4.69, 9.17) is 4.74 Å². The van der Waals surface area contributed by atoms with Gasteiger partial charge in [-0.2, -0.15) is 0 Å². The van der Waals surface area contributed by atoms with Gasteiger partial charge in [-0.1, -0.05) is 42.5 Å². The van der Waals surface area contributed by atoms with Gasteiger partial charge in [0.15, 0.2) is 6.61 Å². The van der Waals surface area contributed by atoms with Crippen LogP contribution in [0.2, 0.25) is 0 Å². The molecule has 33 heavy (non-hydrogen) atoms. The third-order valence-electron chi connectivity index (χ3n) is 5.71. The normalized spacial score (nSPS) is 11.0. The van der Waals surface area contributed by atoms with E-state index >= 15 is 0 Å². The van der Waals surface area contributed by atoms with Crippen LogP contribution >= 0.6 is 0 Å². The second kappa shape index (κ2) is 9.65. The smallest absolute Gasteiger partial charge is 0.308 e. The number of rotatable bonds is 8. The van der Waals surface area contributed by atoms with Crippen molar-refractivity contribution >= 4 is 22.7 Å². The number of aromatic nitrogens is 3. The Morgan fingerprint density at radius 3 is 2.52 bits per heavy atom. The van der Waals surface area contributed by atoms with E-state index < -0.39 is 5.97 Å². The largest absolute Gasteiger partial charge is 0.457 e. The lowest BCUT2D eigenvalue weighted by atomic mass is 10.1. The molecule has 2 aromatic heterocycles. The molecule has 0 unspecified atom stereocenters. The number of ether oxygens (including phenoxy) is 1. The van der Waals surface area contributed by atoms with Crippen molar-refractivity contribution in [3.05, 3.63) is 99.9 Å². The zero-order chi connectivity index (χ0) is 23.4. The molecule has 168 valence electrons. The first kappa shape index (κ1) is 22.2. The van der Waals surface area contributed by atoms with Gasteiger partial charge in [0.1, 0.15) is 0 Å². The van der Waals surface area contributed by atoms with Gasteiger partial charge in [-0.15, -0.1) is 0 Å². The van der Waals surface area contributed by atoms with E-state index in [1.807, 2.05) is 56.3 Å². The average molecular weight is 444 g/mol. The molecule has 0 atom stereocenters. The molecule has 0 aliphatic heterocycles. The van der Waals surface area contributed by atoms with Crippen LogP contribution in [0.4, 0.5) is 0 Å². The average Bonchev–Trinajstić information content (AvgIpc) is 3.11. The second-order valence-corrected chi connectivity index (χ2v) is 7.95. The monoisotopic (exact) mass is 443 g/mol. The topological polar surface area (TPSA) is 83.2 Å². The number of esters is 1. The van der Waals surface area contributed by atoms with Crippen molar-refractivity contribution < 1.29 is 14.3 Å². The van der Waals surface area contributed by atoms with Gasteiger partial charge in [0.2, 0.25) is 5.78 Å². The molecule has 0 saturated heterocycles. The minimum absolute atomic E-state index is 0.0275. The number of hydrogen-bond donors (Lipinski definition) is 0. The van der Waals surface area contributed by atoms with Crippen LogP contribution < -0.4 is 5.56 Å². The minimum atomic E-state index is -0.540. The van der Waals surface area contributed by atoms with Gasteiger partial charge in [-0.25, -0.2) is 4.98 Å². The fourth-order valence-corrected chi connectivity index (χ4v) is 3.87. The molecular formula is C26H25N3O4. The molecule has 0 fully saturated rings. The van der Waals surface area contributed by atoms with Gasteiger partial charge in [0.25, 0.3) is 5.56 Å². The van der Waals surface area contributed by atoms with Gasteiger partial charge >= 0.3 is 5.97 Å². The number of nitrogens with zero attached hydrogens (tertiary/aromatic N) is 3. The molecule has 7 nitrogen and oxygen atoms in total. The number of fused-ring (bicyclic) bond motifs is 1. The molecular weight excluding hydrogens is 418 g/mol. The fraction of sp³-hybridized carbons (Fsp3) is 0.231. The predicted molar refractivity (Wildman–Crippen MR) is 125 cm³/mol. The Morgan fingerprint density at radius 1 is 1.00 bits per heavy atom. The molecule has 0 spiro atoms. The van der Waals surface area contributed by atoms with Crippen LogP contribution in [0.1, 0.15) is 33.7 Å². The highest BCUT2D eigenvalue weighted by Gasteiger charge is 2.18. The number of carbonyl (C=O) groups is 2. The van der Waals surface area contributed by atoms with E-state index in [2.05, 4.69) is 9.55 Å². The highest BCUT2D eigenvalue weighted by Crippen LogP contribution is 2.18. The number of para-hydroxylation sites is 1. The van der Waals surface area contributed by atoms with Gasteiger partial charge in [-0.3, -0.25) is 19.0 Å². The van der Waals surface area contributed by atoms with Crippen LogP contribution in [-0.4, -0.2) is 32.5 Å². The lowest BCUT2D eigenvalue weighted by molar-refractivity contribution is -0.142. The molecule has 2 aromatic carbocycles. The summed E-state index contributed by atoms with van der Waals surface area (Å²) < 4.78 is 8.65. The van der Waals surface area contributed by atoms with Crippen molar-refractivity contribution in [3.8, 4) is 0 Å². The van der Waals surface area contributed by atoms with E-state index in [0.29, 0.717) is 23.0 Å². The minimum Gasteiger partial charge on any atom is -0.457 e. The first-order valence-electron chi connectivity index (χ1n) is 10.8. The third kappa shape index (κ3) is 4.92. The Kier molecular flexibility index (Phi) is 6.49. The number of Topliss-reactive ketones (excluding diaryl/α,β-unsaturated/α-hetero) is 1. The second-order valence-electron chi connectivity index (χ2n) is 7.95. The van der Waals surface area contributed by atoms with Crippen LogP contribution in [-0.2, 0) is 22.6 Å². The summed E-state index contributed by atoms with van der Waals surface area (Å²) in [6.45, 7) is 4.31. The van der Waals surface area contributed by atoms with Crippen molar-refractivity contribution in [2.24, 2.45) is 0 Å². The van der Waals surface area contributed by atoms with E-state index in [0.717, 1.165) is 17.0 Å². The lowest BCUT2D eigenvalue weighted by Crippen LogP contribution is -2.23. The number of hydrogen-bond acceptors (Lipinski definition) is 5. The molecule has 0 aliphatic rings. The molecule has 0 saturated carbocycles. The van der Waals surface area contributed by atoms with E-state index in [9.17, 15) is 14.4 Å². The predicted octanol–water partition coefficient (Wildman–Crippen LogP) is 3.68. The van der Waals surface area contributed by atoms with Gasteiger partial charge in [0.05, 0.1) is 23.7 Å². The van der Waals surface area contributed by atoms with Crippen molar-refractivity contribution in [1.82, 2.24) is 14.1 Å². The Hall–Kier alpha value is -4.00. The summed E-state index contributed by atoms with van der Waals surface area (Å²) in [5.74, 6) is -0.790. The van der Waals surface area contributed by atoms with Crippen LogP contribution in [0.5, 0.6) is 0 Å². The number of aryl methyl sites for hydroxylation is 2. The highest BCUT2D eigenvalue weighted by molar-refractivity contribution is 5.99. The van der Waals surface area contributed by atoms with E-state index in [1.54, 1.807) is 18.2 Å². The summed E-state index contributed by atoms with van der Waals surface area (Å²) in [6.07, 6.45) is 1.39. The van der Waals surface area contributed by atoms with Crippen molar-refractivity contribution in [3.63, 3.8) is 0 Å². The van der Waals surface area contributed by atoms with Crippen LogP contribution in [0.25, 0.3) is 10.9 Å². The molecule has 0 bridgehead atoms. The summed E-state index contributed by atoms with van der Waals surface area (Å²) >= 11 is 0. The first-order chi connectivity index (χ1) is 15.9. The molecule has 0 aliphatic carbocycles. The molecule has 4 aromatic rings. The maximum absolute atomic E-state index is 12.7. The summed E-state index contributed by atoms with van der Waals surface area (Å²) in [7, 11) is 0. The van der Waals surface area contributed by atoms with E-state index in [1.165, 1.54) is 10.9 Å². The lowest BCUT2D eigenvalue weighted by Gasteiger charge is -2.10. The SMILES string of the molecule is Cc1cc(C(=O)COC(=O)CCn2cnc3ccccc3c2=O)c(C)n1Cc1ccccc1. The van der Waals surface area contributed by atoms with Crippen molar-refractivity contribution in [2.75, 3.05) is 6.61 Å². The van der Waals surface area contributed by atoms with Gasteiger partial charge in [0, 0.05) is 30.0 Å². The quantitative estimate of drug-likeness (QED) is 0.306. The Labute approximate surface area is 191 Å². The molecule has 4 rings (SSSR count). The van der Waals surface area contributed by atoms with Gasteiger partial charge in [-0.05, 0) is 37.6 Å². The zero-order valence-corrected chi connectivity index (χ0v) is 18.7. The number of benzene rings is 2. The Balaban J connectivity index is 1.35. The standard InChI is InChI=1S/C26H25N3O4/c1-18-14-22(19(2)29(18)15-20-8-4-3-5-9-20)24(30)16-33-25(31)12-13-28-17-27-23-11-7-6-10-21(23)26(28)32/h3-11,14,17H,12-13,15-16H2,1-2H3. The maximum Gasteiger partial charge on any atom is 0.308 e. The summed E-state index contributed by atoms with van der Waals surface area (Å²) in [6, 6.07) is 18.9. The number of ketones is 1. The maximum atomic E-state index is 12.7. The number of carbonyl (C=O) groups excluding carboxylic acids is 2. The summed E-state index contributed by atoms with van der Waals surface area (Å²) in [5.41, 5.74) is 3.89. The van der Waals surface area contributed by atoms with E-state index in [-0.39, 0.29) is 30.9 Å². The van der Waals surface area contributed by atoms with Crippen LogP contribution in [0.3, 0.4) is 0 Å². The molecule has 2 heterocycles. The van der Waals surface area contributed by atoms with Crippen molar-refractivity contribution in [1.29, 1.82) is 0 Å². The molecule has 7 heteroatoms. The summed E-state index contributed by atoms with van der Waals surface area (Å²) in [4.78, 5) is 41.7. The van der Waals surface area contributed by atoms with Crippen LogP contribution in [0.15, 0.2) is 71.8 Å². The third-order valence-corrected chi connectivity index (χ3v) is 5.71. The zero-order valence-electron chi connectivity index (χ0n) is 18.7. The molecule has 0 N–H and O–H groups in total. The molecule has 0 radical (unpaired) electrons. The first-order valence-corrected chi connectivity index (χ1v) is 10.8. The Bertz CT molecular complexity index is 1370. The fourth-order valence-electron chi connectivity index (χ4n) is 3.87. The van der Waals surface area contributed by atoms with Crippen molar-refractivity contribution in [2.45, 2.75) is 33.4 Å². The highest BCUT2D eigenvalue weighted by atomic mass is 16.5. The Morgan fingerprint density at radius 2 is 1.73 bits per heavy atom. The molecule has 0 amide bonds. The summed E-state index contributed by atoms with van der Waals surface area (Å²) in [5, 5.41) is 0.495. The van der Waals surface area contributed by atoms with Gasteiger partial charge < -0.3 is 9.30 Å².